The summed E-state index contributed by atoms with van der Waals surface area (Å²) in [4.78, 5) is 24.0. The fourth-order valence-corrected chi connectivity index (χ4v) is 2.99. The SMILES string of the molecule is CC(C)OCc1ccc(C(=O)OCC(=O)N[C@@H]2CCCC[C@@H]2C)cc1. The van der Waals surface area contributed by atoms with Crippen molar-refractivity contribution in [1.29, 1.82) is 0 Å². The zero-order valence-corrected chi connectivity index (χ0v) is 15.4. The van der Waals surface area contributed by atoms with E-state index in [1.165, 1.54) is 6.42 Å². The highest BCUT2D eigenvalue weighted by molar-refractivity contribution is 5.91. The van der Waals surface area contributed by atoms with Crippen LogP contribution in [-0.4, -0.2) is 30.6 Å². The van der Waals surface area contributed by atoms with Crippen LogP contribution >= 0.6 is 0 Å². The molecule has 0 unspecified atom stereocenters. The molecule has 5 nitrogen and oxygen atoms in total. The van der Waals surface area contributed by atoms with Crippen molar-refractivity contribution in [2.24, 2.45) is 5.92 Å². The maximum absolute atomic E-state index is 12.0. The molecule has 5 heteroatoms. The van der Waals surface area contributed by atoms with Gasteiger partial charge in [0.25, 0.3) is 5.91 Å². The summed E-state index contributed by atoms with van der Waals surface area (Å²) in [5.74, 6) is -0.230. The molecule has 1 aliphatic rings. The summed E-state index contributed by atoms with van der Waals surface area (Å²) >= 11 is 0. The van der Waals surface area contributed by atoms with Crippen molar-refractivity contribution in [1.82, 2.24) is 5.32 Å². The molecule has 2 rings (SSSR count). The van der Waals surface area contributed by atoms with Crippen molar-refractivity contribution in [3.05, 3.63) is 35.4 Å². The highest BCUT2D eigenvalue weighted by Gasteiger charge is 2.23. The van der Waals surface area contributed by atoms with Crippen LogP contribution in [-0.2, 0) is 20.9 Å². The van der Waals surface area contributed by atoms with Gasteiger partial charge in [-0.25, -0.2) is 4.79 Å². The predicted molar refractivity (Wildman–Crippen MR) is 96.2 cm³/mol. The van der Waals surface area contributed by atoms with E-state index in [9.17, 15) is 9.59 Å². The zero-order chi connectivity index (χ0) is 18.2. The molecule has 0 aromatic heterocycles. The zero-order valence-electron chi connectivity index (χ0n) is 15.4. The predicted octanol–water partition coefficient (Wildman–Crippen LogP) is 3.46. The third-order valence-electron chi connectivity index (χ3n) is 4.57. The van der Waals surface area contributed by atoms with Crippen molar-refractivity contribution in [2.45, 2.75) is 65.2 Å². The Kier molecular flexibility index (Phi) is 7.44. The average Bonchev–Trinajstić information content (AvgIpc) is 2.60. The first-order valence-corrected chi connectivity index (χ1v) is 9.12. The molecule has 0 saturated heterocycles. The highest BCUT2D eigenvalue weighted by Crippen LogP contribution is 2.23. The van der Waals surface area contributed by atoms with E-state index in [0.29, 0.717) is 18.1 Å². The van der Waals surface area contributed by atoms with Gasteiger partial charge in [0.15, 0.2) is 6.61 Å². The lowest BCUT2D eigenvalue weighted by atomic mass is 9.86. The molecule has 0 heterocycles. The number of rotatable bonds is 7. The van der Waals surface area contributed by atoms with Crippen molar-refractivity contribution in [2.75, 3.05) is 6.61 Å². The quantitative estimate of drug-likeness (QED) is 0.767. The molecule has 25 heavy (non-hydrogen) atoms. The Hall–Kier alpha value is -1.88. The van der Waals surface area contributed by atoms with Gasteiger partial charge >= 0.3 is 5.97 Å². The topological polar surface area (TPSA) is 64.6 Å². The van der Waals surface area contributed by atoms with Gasteiger partial charge < -0.3 is 14.8 Å². The molecule has 1 fully saturated rings. The lowest BCUT2D eigenvalue weighted by molar-refractivity contribution is -0.125. The largest absolute Gasteiger partial charge is 0.452 e. The number of ether oxygens (including phenoxy) is 2. The van der Waals surface area contributed by atoms with Gasteiger partial charge in [-0.3, -0.25) is 4.79 Å². The van der Waals surface area contributed by atoms with Crippen molar-refractivity contribution < 1.29 is 19.1 Å². The van der Waals surface area contributed by atoms with Crippen molar-refractivity contribution in [3.8, 4) is 0 Å². The number of carbonyl (C=O) groups is 2. The fourth-order valence-electron chi connectivity index (χ4n) is 2.99. The first-order valence-electron chi connectivity index (χ1n) is 9.12. The van der Waals surface area contributed by atoms with Gasteiger partial charge in [-0.05, 0) is 50.3 Å². The van der Waals surface area contributed by atoms with E-state index in [1.54, 1.807) is 12.1 Å². The molecule has 1 aliphatic carbocycles. The Morgan fingerprint density at radius 2 is 1.84 bits per heavy atom. The van der Waals surface area contributed by atoms with Crippen LogP contribution in [0.15, 0.2) is 24.3 Å². The van der Waals surface area contributed by atoms with Gasteiger partial charge in [0, 0.05) is 6.04 Å². The first kappa shape index (κ1) is 19.4. The van der Waals surface area contributed by atoms with E-state index in [0.717, 1.165) is 24.8 Å². The Balaban J connectivity index is 1.76. The van der Waals surface area contributed by atoms with Crippen molar-refractivity contribution in [3.63, 3.8) is 0 Å². The molecule has 0 radical (unpaired) electrons. The number of amides is 1. The Morgan fingerprint density at radius 3 is 2.48 bits per heavy atom. The van der Waals surface area contributed by atoms with Crippen LogP contribution in [0.5, 0.6) is 0 Å². The van der Waals surface area contributed by atoms with Crippen LogP contribution in [0.4, 0.5) is 0 Å². The van der Waals surface area contributed by atoms with E-state index in [4.69, 9.17) is 9.47 Å². The fraction of sp³-hybridized carbons (Fsp3) is 0.600. The lowest BCUT2D eigenvalue weighted by Gasteiger charge is -2.29. The number of carbonyl (C=O) groups excluding carboxylic acids is 2. The maximum Gasteiger partial charge on any atom is 0.338 e. The molecule has 1 amide bonds. The Bertz CT molecular complexity index is 568. The van der Waals surface area contributed by atoms with Crippen molar-refractivity contribution >= 4 is 11.9 Å². The van der Waals surface area contributed by atoms with Gasteiger partial charge in [0.1, 0.15) is 0 Å². The second kappa shape index (κ2) is 9.56. The molecule has 1 aromatic carbocycles. The monoisotopic (exact) mass is 347 g/mol. The molecule has 0 aliphatic heterocycles. The van der Waals surface area contributed by atoms with E-state index < -0.39 is 5.97 Å². The van der Waals surface area contributed by atoms with E-state index in [1.807, 2.05) is 26.0 Å². The lowest BCUT2D eigenvalue weighted by Crippen LogP contribution is -2.42. The molecule has 138 valence electrons. The summed E-state index contributed by atoms with van der Waals surface area (Å²) in [7, 11) is 0. The summed E-state index contributed by atoms with van der Waals surface area (Å²) in [5.41, 5.74) is 1.43. The molecule has 0 spiro atoms. The van der Waals surface area contributed by atoms with Crippen LogP contribution in [0.3, 0.4) is 0 Å². The second-order valence-corrected chi connectivity index (χ2v) is 7.07. The maximum atomic E-state index is 12.0. The summed E-state index contributed by atoms with van der Waals surface area (Å²) in [6.45, 7) is 6.38. The summed E-state index contributed by atoms with van der Waals surface area (Å²) in [5, 5.41) is 2.98. The first-order chi connectivity index (χ1) is 12.0. The third kappa shape index (κ3) is 6.50. The van der Waals surface area contributed by atoms with E-state index in [2.05, 4.69) is 12.2 Å². The number of hydrogen-bond donors (Lipinski definition) is 1. The van der Waals surface area contributed by atoms with Gasteiger partial charge in [-0.15, -0.1) is 0 Å². The van der Waals surface area contributed by atoms with Gasteiger partial charge in [-0.1, -0.05) is 31.9 Å². The molecule has 0 bridgehead atoms. The number of esters is 1. The normalized spacial score (nSPS) is 20.3. The van der Waals surface area contributed by atoms with Crippen LogP contribution in [0.1, 0.15) is 62.4 Å². The number of benzene rings is 1. The minimum absolute atomic E-state index is 0.162. The minimum atomic E-state index is -0.483. The summed E-state index contributed by atoms with van der Waals surface area (Å²) < 4.78 is 10.6. The smallest absolute Gasteiger partial charge is 0.338 e. The summed E-state index contributed by atoms with van der Waals surface area (Å²) in [6, 6.07) is 7.26. The minimum Gasteiger partial charge on any atom is -0.452 e. The second-order valence-electron chi connectivity index (χ2n) is 7.07. The molecule has 2 atom stereocenters. The van der Waals surface area contributed by atoms with Crippen LogP contribution in [0, 0.1) is 5.92 Å². The molecular formula is C20H29NO4. The van der Waals surface area contributed by atoms with Gasteiger partial charge in [-0.2, -0.15) is 0 Å². The van der Waals surface area contributed by atoms with Crippen LogP contribution in [0.2, 0.25) is 0 Å². The molecule has 1 saturated carbocycles. The van der Waals surface area contributed by atoms with Gasteiger partial charge in [0.05, 0.1) is 18.3 Å². The van der Waals surface area contributed by atoms with E-state index >= 15 is 0 Å². The van der Waals surface area contributed by atoms with Crippen LogP contribution < -0.4 is 5.32 Å². The molecule has 1 aromatic rings. The number of hydrogen-bond acceptors (Lipinski definition) is 4. The molecule has 1 N–H and O–H groups in total. The Morgan fingerprint density at radius 1 is 1.16 bits per heavy atom. The standard InChI is InChI=1S/C20H29NO4/c1-14(2)24-12-16-8-10-17(11-9-16)20(23)25-13-19(22)21-18-7-5-4-6-15(18)3/h8-11,14-15,18H,4-7,12-13H2,1-3H3,(H,21,22)/t15-,18+/m0/s1. The van der Waals surface area contributed by atoms with Crippen LogP contribution in [0.25, 0.3) is 0 Å². The third-order valence-corrected chi connectivity index (χ3v) is 4.57. The highest BCUT2D eigenvalue weighted by atomic mass is 16.5. The summed E-state index contributed by atoms with van der Waals surface area (Å²) in [6.07, 6.45) is 4.66. The number of nitrogens with one attached hydrogen (secondary N) is 1. The average molecular weight is 347 g/mol. The van der Waals surface area contributed by atoms with E-state index in [-0.39, 0.29) is 24.7 Å². The van der Waals surface area contributed by atoms with Gasteiger partial charge in [0.2, 0.25) is 0 Å². The Labute approximate surface area is 150 Å². The molecular weight excluding hydrogens is 318 g/mol.